The number of hydrogen-bond acceptors (Lipinski definition) is 3. The van der Waals surface area contributed by atoms with Crippen molar-refractivity contribution < 1.29 is 19.4 Å². The average molecular weight is 272 g/mol. The summed E-state index contributed by atoms with van der Waals surface area (Å²) >= 11 is 0. The number of benzene rings is 2. The molecule has 2 aromatic rings. The molecule has 0 heterocycles. The molecule has 4 heteroatoms. The molecular weight excluding hydrogens is 256 g/mol. The minimum atomic E-state index is -0.961. The van der Waals surface area contributed by atoms with Gasteiger partial charge in [-0.05, 0) is 23.8 Å². The molecule has 0 radical (unpaired) electrons. The van der Waals surface area contributed by atoms with Gasteiger partial charge in [-0.1, -0.05) is 30.3 Å². The molecule has 0 aromatic heterocycles. The number of hydrogen-bond donors (Lipinski definition) is 1. The summed E-state index contributed by atoms with van der Waals surface area (Å²) in [6.07, 6.45) is 0. The van der Waals surface area contributed by atoms with Gasteiger partial charge >= 0.3 is 5.97 Å². The molecule has 2 rings (SSSR count). The van der Waals surface area contributed by atoms with Gasteiger partial charge in [0.05, 0.1) is 12.2 Å². The summed E-state index contributed by atoms with van der Waals surface area (Å²) in [7, 11) is 1.56. The quantitative estimate of drug-likeness (QED) is 0.877. The molecule has 0 saturated heterocycles. The normalized spacial score (nSPS) is 10.2. The highest BCUT2D eigenvalue weighted by Gasteiger charge is 2.09. The van der Waals surface area contributed by atoms with Crippen LogP contribution in [0.5, 0.6) is 5.75 Å². The van der Waals surface area contributed by atoms with Crippen LogP contribution in [0, 0.1) is 0 Å². The first-order valence-electron chi connectivity index (χ1n) is 6.22. The highest BCUT2D eigenvalue weighted by molar-refractivity contribution is 5.88. The Labute approximate surface area is 117 Å². The second-order valence-corrected chi connectivity index (χ2v) is 4.33. The summed E-state index contributed by atoms with van der Waals surface area (Å²) in [5, 5.41) is 8.99. The van der Waals surface area contributed by atoms with Crippen LogP contribution in [-0.4, -0.2) is 18.2 Å². The fourth-order valence-electron chi connectivity index (χ4n) is 1.86. The Morgan fingerprint density at radius 3 is 2.50 bits per heavy atom. The van der Waals surface area contributed by atoms with Crippen molar-refractivity contribution in [1.29, 1.82) is 0 Å². The van der Waals surface area contributed by atoms with Crippen LogP contribution in [0.4, 0.5) is 0 Å². The van der Waals surface area contributed by atoms with Crippen molar-refractivity contribution in [3.63, 3.8) is 0 Å². The van der Waals surface area contributed by atoms with E-state index in [9.17, 15) is 4.79 Å². The van der Waals surface area contributed by atoms with E-state index in [1.165, 1.54) is 6.07 Å². The van der Waals surface area contributed by atoms with E-state index in [0.717, 1.165) is 11.1 Å². The van der Waals surface area contributed by atoms with Gasteiger partial charge < -0.3 is 14.6 Å². The predicted molar refractivity (Wildman–Crippen MR) is 74.9 cm³/mol. The molecule has 0 aliphatic rings. The second-order valence-electron chi connectivity index (χ2n) is 4.33. The Morgan fingerprint density at radius 2 is 1.85 bits per heavy atom. The fourth-order valence-corrected chi connectivity index (χ4v) is 1.86. The van der Waals surface area contributed by atoms with E-state index in [-0.39, 0.29) is 5.56 Å². The molecule has 0 atom stereocenters. The van der Waals surface area contributed by atoms with E-state index < -0.39 is 5.97 Å². The molecule has 0 spiro atoms. The zero-order valence-corrected chi connectivity index (χ0v) is 11.2. The van der Waals surface area contributed by atoms with Gasteiger partial charge in [-0.3, -0.25) is 0 Å². The molecule has 0 aliphatic heterocycles. The van der Waals surface area contributed by atoms with Crippen LogP contribution < -0.4 is 4.74 Å². The molecule has 2 aromatic carbocycles. The lowest BCUT2D eigenvalue weighted by molar-refractivity contribution is 0.0696. The second kappa shape index (κ2) is 6.73. The van der Waals surface area contributed by atoms with Crippen molar-refractivity contribution in [3.8, 4) is 5.75 Å². The highest BCUT2D eigenvalue weighted by atomic mass is 16.5. The number of methoxy groups -OCH3 is 1. The van der Waals surface area contributed by atoms with Gasteiger partial charge in [-0.25, -0.2) is 4.79 Å². The molecule has 4 nitrogen and oxygen atoms in total. The van der Waals surface area contributed by atoms with Crippen molar-refractivity contribution in [2.45, 2.75) is 13.2 Å². The first-order valence-corrected chi connectivity index (χ1v) is 6.22. The SMILES string of the molecule is COCc1cc(C(=O)O)ccc1OCc1ccccc1. The van der Waals surface area contributed by atoms with Gasteiger partial charge in [0.1, 0.15) is 12.4 Å². The van der Waals surface area contributed by atoms with Crippen LogP contribution >= 0.6 is 0 Å². The highest BCUT2D eigenvalue weighted by Crippen LogP contribution is 2.22. The van der Waals surface area contributed by atoms with Gasteiger partial charge in [0.15, 0.2) is 0 Å². The van der Waals surface area contributed by atoms with Crippen LogP contribution in [0.3, 0.4) is 0 Å². The summed E-state index contributed by atoms with van der Waals surface area (Å²) in [6, 6.07) is 14.6. The van der Waals surface area contributed by atoms with Crippen molar-refractivity contribution in [2.75, 3.05) is 7.11 Å². The average Bonchev–Trinajstić information content (AvgIpc) is 2.47. The van der Waals surface area contributed by atoms with E-state index in [0.29, 0.717) is 19.0 Å². The monoisotopic (exact) mass is 272 g/mol. The van der Waals surface area contributed by atoms with Crippen molar-refractivity contribution >= 4 is 5.97 Å². The zero-order valence-electron chi connectivity index (χ0n) is 11.2. The summed E-state index contributed by atoms with van der Waals surface area (Å²) in [6.45, 7) is 0.745. The Morgan fingerprint density at radius 1 is 1.10 bits per heavy atom. The largest absolute Gasteiger partial charge is 0.489 e. The Balaban J connectivity index is 2.16. The number of carbonyl (C=O) groups is 1. The van der Waals surface area contributed by atoms with Gasteiger partial charge in [-0.15, -0.1) is 0 Å². The van der Waals surface area contributed by atoms with Crippen LogP contribution in [0.1, 0.15) is 21.5 Å². The van der Waals surface area contributed by atoms with E-state index in [2.05, 4.69) is 0 Å². The molecule has 1 N–H and O–H groups in total. The molecule has 0 aliphatic carbocycles. The van der Waals surface area contributed by atoms with Gasteiger partial charge in [0.2, 0.25) is 0 Å². The Hall–Kier alpha value is -2.33. The third-order valence-electron chi connectivity index (χ3n) is 2.84. The van der Waals surface area contributed by atoms with E-state index >= 15 is 0 Å². The Kier molecular flexibility index (Phi) is 4.74. The maximum atomic E-state index is 11.0. The van der Waals surface area contributed by atoms with E-state index in [1.54, 1.807) is 19.2 Å². The van der Waals surface area contributed by atoms with Crippen LogP contribution in [0.2, 0.25) is 0 Å². The number of ether oxygens (including phenoxy) is 2. The number of rotatable bonds is 6. The standard InChI is InChI=1S/C16H16O4/c1-19-11-14-9-13(16(17)18)7-8-15(14)20-10-12-5-3-2-4-6-12/h2-9H,10-11H2,1H3,(H,17,18). The van der Waals surface area contributed by atoms with Crippen molar-refractivity contribution in [3.05, 3.63) is 65.2 Å². The molecule has 0 bridgehead atoms. The lowest BCUT2D eigenvalue weighted by Gasteiger charge is -2.12. The molecule has 0 unspecified atom stereocenters. The molecule has 0 fully saturated rings. The van der Waals surface area contributed by atoms with Gasteiger partial charge in [0, 0.05) is 12.7 Å². The molecular formula is C16H16O4. The summed E-state index contributed by atoms with van der Waals surface area (Å²) in [5.41, 5.74) is 2.01. The summed E-state index contributed by atoms with van der Waals surface area (Å²) in [4.78, 5) is 11.0. The summed E-state index contributed by atoms with van der Waals surface area (Å²) < 4.78 is 10.8. The smallest absolute Gasteiger partial charge is 0.335 e. The maximum absolute atomic E-state index is 11.0. The lowest BCUT2D eigenvalue weighted by Crippen LogP contribution is -2.03. The van der Waals surface area contributed by atoms with Crippen molar-refractivity contribution in [2.24, 2.45) is 0 Å². The van der Waals surface area contributed by atoms with Crippen LogP contribution in [0.15, 0.2) is 48.5 Å². The van der Waals surface area contributed by atoms with Crippen molar-refractivity contribution in [1.82, 2.24) is 0 Å². The van der Waals surface area contributed by atoms with Crippen LogP contribution in [0.25, 0.3) is 0 Å². The predicted octanol–water partition coefficient (Wildman–Crippen LogP) is 3.11. The third kappa shape index (κ3) is 3.59. The minimum absolute atomic E-state index is 0.226. The van der Waals surface area contributed by atoms with E-state index in [4.69, 9.17) is 14.6 Å². The third-order valence-corrected chi connectivity index (χ3v) is 2.84. The number of aromatic carboxylic acids is 1. The van der Waals surface area contributed by atoms with Gasteiger partial charge in [0.25, 0.3) is 0 Å². The fraction of sp³-hybridized carbons (Fsp3) is 0.188. The minimum Gasteiger partial charge on any atom is -0.489 e. The molecule has 0 amide bonds. The number of carboxylic acid groups (broad SMARTS) is 1. The van der Waals surface area contributed by atoms with E-state index in [1.807, 2.05) is 30.3 Å². The molecule has 104 valence electrons. The first-order chi connectivity index (χ1) is 9.70. The topological polar surface area (TPSA) is 55.8 Å². The first kappa shape index (κ1) is 14.1. The lowest BCUT2D eigenvalue weighted by atomic mass is 10.1. The molecule has 0 saturated carbocycles. The van der Waals surface area contributed by atoms with Gasteiger partial charge in [-0.2, -0.15) is 0 Å². The molecule has 20 heavy (non-hydrogen) atoms. The van der Waals surface area contributed by atoms with Crippen LogP contribution in [-0.2, 0) is 18.0 Å². The Bertz CT molecular complexity index is 578. The number of carboxylic acids is 1. The maximum Gasteiger partial charge on any atom is 0.335 e. The zero-order chi connectivity index (χ0) is 14.4. The summed E-state index contributed by atoms with van der Waals surface area (Å²) in [5.74, 6) is -0.322.